The van der Waals surface area contributed by atoms with E-state index in [2.05, 4.69) is 23.1 Å². The maximum Gasteiger partial charge on any atom is 0.278 e. The smallest absolute Gasteiger partial charge is 0.278 e. The van der Waals surface area contributed by atoms with Crippen molar-refractivity contribution in [2.24, 2.45) is 0 Å². The molecule has 1 amide bonds. The van der Waals surface area contributed by atoms with Crippen LogP contribution in [0.25, 0.3) is 10.2 Å². The van der Waals surface area contributed by atoms with E-state index in [4.69, 9.17) is 4.98 Å². The van der Waals surface area contributed by atoms with Gasteiger partial charge in [0.2, 0.25) is 0 Å². The highest BCUT2D eigenvalue weighted by Crippen LogP contribution is 2.31. The lowest BCUT2D eigenvalue weighted by molar-refractivity contribution is 0.0973. The first-order chi connectivity index (χ1) is 13.9. The third-order valence-corrected chi connectivity index (χ3v) is 5.68. The first-order valence-electron chi connectivity index (χ1n) is 9.56. The molecule has 7 heteroatoms. The van der Waals surface area contributed by atoms with Crippen molar-refractivity contribution in [2.75, 3.05) is 4.90 Å². The van der Waals surface area contributed by atoms with Crippen molar-refractivity contribution in [3.05, 3.63) is 71.3 Å². The second-order valence-corrected chi connectivity index (χ2v) is 8.44. The summed E-state index contributed by atoms with van der Waals surface area (Å²) in [5, 5.41) is 5.18. The summed E-state index contributed by atoms with van der Waals surface area (Å²) in [6, 6.07) is 11.9. The Morgan fingerprint density at radius 2 is 2.03 bits per heavy atom. The average molecular weight is 406 g/mol. The first-order valence-corrected chi connectivity index (χ1v) is 10.4. The van der Waals surface area contributed by atoms with Crippen LogP contribution >= 0.6 is 11.3 Å². The first kappa shape index (κ1) is 19.3. The average Bonchev–Trinajstić information content (AvgIpc) is 3.29. The van der Waals surface area contributed by atoms with Crippen molar-refractivity contribution in [3.63, 3.8) is 0 Å². The van der Waals surface area contributed by atoms with Crippen molar-refractivity contribution >= 4 is 32.6 Å². The Morgan fingerprint density at radius 3 is 2.76 bits per heavy atom. The topological polar surface area (TPSA) is 63.9 Å². The van der Waals surface area contributed by atoms with Crippen LogP contribution in [0.5, 0.6) is 0 Å². The number of hydrogen-bond donors (Lipinski definition) is 0. The van der Waals surface area contributed by atoms with Crippen LogP contribution in [0.3, 0.4) is 0 Å². The predicted molar refractivity (Wildman–Crippen MR) is 116 cm³/mol. The maximum absolute atomic E-state index is 13.6. The van der Waals surface area contributed by atoms with E-state index in [0.717, 1.165) is 21.5 Å². The van der Waals surface area contributed by atoms with Crippen molar-refractivity contribution < 1.29 is 4.79 Å². The van der Waals surface area contributed by atoms with E-state index in [0.29, 0.717) is 17.4 Å². The van der Waals surface area contributed by atoms with E-state index in [9.17, 15) is 4.79 Å². The lowest BCUT2D eigenvalue weighted by Gasteiger charge is -2.21. The number of aryl methyl sites for hydroxylation is 2. The number of thiazole rings is 1. The Balaban J connectivity index is 1.80. The number of carbonyl (C=O) groups excluding carboxylic acids is 1. The number of nitrogens with zero attached hydrogens (tertiary/aromatic N) is 5. The second kappa shape index (κ2) is 7.75. The van der Waals surface area contributed by atoms with Crippen LogP contribution in [0.2, 0.25) is 0 Å². The van der Waals surface area contributed by atoms with Crippen LogP contribution in [0, 0.1) is 13.8 Å². The molecule has 0 radical (unpaired) electrons. The molecule has 148 valence electrons. The zero-order valence-corrected chi connectivity index (χ0v) is 17.8. The van der Waals surface area contributed by atoms with Crippen molar-refractivity contribution in [1.29, 1.82) is 0 Å². The van der Waals surface area contributed by atoms with Gasteiger partial charge in [-0.05, 0) is 63.1 Å². The lowest BCUT2D eigenvalue weighted by Crippen LogP contribution is -2.32. The van der Waals surface area contributed by atoms with Gasteiger partial charge in [0, 0.05) is 18.4 Å². The minimum atomic E-state index is -0.112. The summed E-state index contributed by atoms with van der Waals surface area (Å²) >= 11 is 1.53. The molecule has 1 aromatic carbocycles. The van der Waals surface area contributed by atoms with Gasteiger partial charge in [0.05, 0.1) is 22.5 Å². The van der Waals surface area contributed by atoms with E-state index >= 15 is 0 Å². The fourth-order valence-corrected chi connectivity index (χ4v) is 4.31. The highest BCUT2D eigenvalue weighted by molar-refractivity contribution is 7.22. The van der Waals surface area contributed by atoms with Gasteiger partial charge < -0.3 is 0 Å². The van der Waals surface area contributed by atoms with E-state index < -0.39 is 0 Å². The zero-order chi connectivity index (χ0) is 20.5. The summed E-state index contributed by atoms with van der Waals surface area (Å²) in [6.07, 6.45) is 3.51. The Hall–Kier alpha value is -3.06. The van der Waals surface area contributed by atoms with E-state index in [1.165, 1.54) is 16.9 Å². The quantitative estimate of drug-likeness (QED) is 0.472. The number of hydrogen-bond acceptors (Lipinski definition) is 5. The lowest BCUT2D eigenvalue weighted by atomic mass is 10.2. The van der Waals surface area contributed by atoms with Gasteiger partial charge in [-0.25, -0.2) is 4.98 Å². The highest BCUT2D eigenvalue weighted by Gasteiger charge is 2.26. The SMILES string of the molecule is Cc1ccc2nc(N(Cc3cccnc3)C(=O)c3cc(C)nn3C(C)C)sc2c1. The minimum absolute atomic E-state index is 0.0842. The molecule has 4 aromatic rings. The van der Waals surface area contributed by atoms with Crippen LogP contribution in [0.4, 0.5) is 5.13 Å². The molecule has 0 aliphatic rings. The van der Waals surface area contributed by atoms with Gasteiger partial charge in [-0.15, -0.1) is 0 Å². The van der Waals surface area contributed by atoms with Crippen molar-refractivity contribution in [1.82, 2.24) is 19.7 Å². The summed E-state index contributed by atoms with van der Waals surface area (Å²) in [5.74, 6) is -0.112. The molecule has 0 saturated carbocycles. The molecule has 29 heavy (non-hydrogen) atoms. The number of amides is 1. The minimum Gasteiger partial charge on any atom is -0.278 e. The number of aromatic nitrogens is 4. The van der Waals surface area contributed by atoms with Gasteiger partial charge in [0.1, 0.15) is 5.69 Å². The number of benzene rings is 1. The molecule has 0 bridgehead atoms. The Morgan fingerprint density at radius 1 is 1.21 bits per heavy atom. The molecule has 0 aliphatic carbocycles. The summed E-state index contributed by atoms with van der Waals surface area (Å²) < 4.78 is 2.85. The third kappa shape index (κ3) is 3.91. The predicted octanol–water partition coefficient (Wildman–Crippen LogP) is 4.93. The molecular weight excluding hydrogens is 382 g/mol. The maximum atomic E-state index is 13.6. The van der Waals surface area contributed by atoms with Gasteiger partial charge >= 0.3 is 0 Å². The van der Waals surface area contributed by atoms with Crippen LogP contribution in [0.1, 0.15) is 47.2 Å². The molecule has 0 unspecified atom stereocenters. The number of pyridine rings is 1. The van der Waals surface area contributed by atoms with E-state index in [1.54, 1.807) is 22.0 Å². The summed E-state index contributed by atoms with van der Waals surface area (Å²) in [6.45, 7) is 8.40. The zero-order valence-electron chi connectivity index (χ0n) is 17.0. The molecule has 0 atom stereocenters. The summed E-state index contributed by atoms with van der Waals surface area (Å²) in [7, 11) is 0. The molecule has 0 N–H and O–H groups in total. The van der Waals surface area contributed by atoms with Crippen LogP contribution in [-0.4, -0.2) is 25.7 Å². The molecule has 3 aromatic heterocycles. The summed E-state index contributed by atoms with van der Waals surface area (Å²) in [5.41, 5.74) is 4.41. The van der Waals surface area contributed by atoms with Crippen molar-refractivity contribution in [3.8, 4) is 0 Å². The van der Waals surface area contributed by atoms with Gasteiger partial charge in [-0.3, -0.25) is 19.4 Å². The van der Waals surface area contributed by atoms with Crippen LogP contribution in [0.15, 0.2) is 48.8 Å². The number of fused-ring (bicyclic) bond motifs is 1. The van der Waals surface area contributed by atoms with Gasteiger partial charge in [0.25, 0.3) is 5.91 Å². The highest BCUT2D eigenvalue weighted by atomic mass is 32.1. The molecule has 0 aliphatic heterocycles. The second-order valence-electron chi connectivity index (χ2n) is 7.43. The normalized spacial score (nSPS) is 11.3. The molecule has 0 spiro atoms. The molecule has 3 heterocycles. The fourth-order valence-electron chi connectivity index (χ4n) is 3.24. The molecule has 0 saturated heterocycles. The fraction of sp³-hybridized carbons (Fsp3) is 0.273. The van der Waals surface area contributed by atoms with Crippen molar-refractivity contribution in [2.45, 2.75) is 40.3 Å². The van der Waals surface area contributed by atoms with E-state index in [1.807, 2.05) is 51.1 Å². The summed E-state index contributed by atoms with van der Waals surface area (Å²) in [4.78, 5) is 24.3. The van der Waals surface area contributed by atoms with Gasteiger partial charge in [0.15, 0.2) is 5.13 Å². The Bertz CT molecular complexity index is 1160. The molecular formula is C22H23N5OS. The third-order valence-electron chi connectivity index (χ3n) is 4.64. The molecule has 0 fully saturated rings. The van der Waals surface area contributed by atoms with Gasteiger partial charge in [-0.2, -0.15) is 5.10 Å². The largest absolute Gasteiger partial charge is 0.278 e. The number of rotatable bonds is 5. The molecule has 4 rings (SSSR count). The van der Waals surface area contributed by atoms with Crippen LogP contribution < -0.4 is 4.90 Å². The van der Waals surface area contributed by atoms with Crippen LogP contribution in [-0.2, 0) is 6.54 Å². The number of carbonyl (C=O) groups is 1. The van der Waals surface area contributed by atoms with E-state index in [-0.39, 0.29) is 11.9 Å². The number of anilines is 1. The molecule has 6 nitrogen and oxygen atoms in total. The Labute approximate surface area is 173 Å². The monoisotopic (exact) mass is 405 g/mol. The Kier molecular flexibility index (Phi) is 5.15. The standard InChI is InChI=1S/C22H23N5OS/c1-14(2)27-19(11-16(4)25-27)21(28)26(13-17-6-5-9-23-12-17)22-24-18-8-7-15(3)10-20(18)29-22/h5-12,14H,13H2,1-4H3. The van der Waals surface area contributed by atoms with Gasteiger partial charge in [-0.1, -0.05) is 23.5 Å².